The van der Waals surface area contributed by atoms with Gasteiger partial charge in [-0.3, -0.25) is 9.59 Å². The molecule has 186 valence electrons. The Bertz CT molecular complexity index is 1290. The van der Waals surface area contributed by atoms with Crippen LogP contribution in [0, 0.1) is 5.92 Å². The molecular formula is C24H21ClF2O8. The van der Waals surface area contributed by atoms with E-state index in [0.717, 1.165) is 0 Å². The molecule has 1 N–H and O–H groups in total. The van der Waals surface area contributed by atoms with Crippen LogP contribution in [0.15, 0.2) is 45.6 Å². The highest BCUT2D eigenvalue weighted by molar-refractivity contribution is 6.34. The van der Waals surface area contributed by atoms with Crippen LogP contribution in [-0.2, 0) is 9.53 Å². The molecule has 8 nitrogen and oxygen atoms in total. The van der Waals surface area contributed by atoms with Crippen molar-refractivity contribution < 1.29 is 42.0 Å². The first kappa shape index (κ1) is 24.7. The SMILES string of the molecule is COc1cc(-c2cc(=O)c3cccc(Cl)c3o2)c(OCCO[C@H]2C[C@@H](C(=O)O)C2)cc1OC(F)F. The minimum atomic E-state index is -3.11. The first-order chi connectivity index (χ1) is 16.8. The van der Waals surface area contributed by atoms with Crippen molar-refractivity contribution in [2.45, 2.75) is 25.6 Å². The third-order valence-electron chi connectivity index (χ3n) is 5.59. The number of ether oxygens (including phenoxy) is 4. The van der Waals surface area contributed by atoms with E-state index in [0.29, 0.717) is 12.8 Å². The number of halogens is 3. The number of methoxy groups -OCH3 is 1. The Hall–Kier alpha value is -3.37. The van der Waals surface area contributed by atoms with Gasteiger partial charge in [0.15, 0.2) is 22.5 Å². The summed E-state index contributed by atoms with van der Waals surface area (Å²) < 4.78 is 52.9. The molecule has 3 aromatic rings. The van der Waals surface area contributed by atoms with Crippen molar-refractivity contribution in [2.24, 2.45) is 5.92 Å². The van der Waals surface area contributed by atoms with Crippen molar-refractivity contribution in [1.29, 1.82) is 0 Å². The first-order valence-corrected chi connectivity index (χ1v) is 11.0. The number of carbonyl (C=O) groups is 1. The molecule has 0 unspecified atom stereocenters. The lowest BCUT2D eigenvalue weighted by atomic mass is 9.82. The van der Waals surface area contributed by atoms with Gasteiger partial charge in [0.2, 0.25) is 0 Å². The lowest BCUT2D eigenvalue weighted by molar-refractivity contribution is -0.151. The zero-order valence-corrected chi connectivity index (χ0v) is 19.2. The number of hydrogen-bond donors (Lipinski definition) is 1. The van der Waals surface area contributed by atoms with Crippen molar-refractivity contribution in [3.8, 4) is 28.6 Å². The van der Waals surface area contributed by atoms with Crippen LogP contribution in [-0.4, -0.2) is 44.1 Å². The number of hydrogen-bond acceptors (Lipinski definition) is 7. The van der Waals surface area contributed by atoms with Gasteiger partial charge in [0.05, 0.1) is 41.7 Å². The summed E-state index contributed by atoms with van der Waals surface area (Å²) in [6.45, 7) is -2.97. The molecule has 1 saturated carbocycles. The van der Waals surface area contributed by atoms with E-state index >= 15 is 0 Å². The maximum Gasteiger partial charge on any atom is 0.387 e. The van der Waals surface area contributed by atoms with Gasteiger partial charge in [-0.2, -0.15) is 8.78 Å². The van der Waals surface area contributed by atoms with Gasteiger partial charge >= 0.3 is 12.6 Å². The van der Waals surface area contributed by atoms with E-state index in [2.05, 4.69) is 4.74 Å². The Labute approximate surface area is 202 Å². The molecule has 1 fully saturated rings. The predicted octanol–water partition coefficient (Wildman–Crippen LogP) is 4.98. The van der Waals surface area contributed by atoms with E-state index in [1.54, 1.807) is 18.2 Å². The van der Waals surface area contributed by atoms with Crippen LogP contribution in [0.2, 0.25) is 5.02 Å². The molecule has 35 heavy (non-hydrogen) atoms. The van der Waals surface area contributed by atoms with Gasteiger partial charge in [-0.15, -0.1) is 0 Å². The largest absolute Gasteiger partial charge is 0.493 e. The van der Waals surface area contributed by atoms with Gasteiger partial charge < -0.3 is 28.5 Å². The molecule has 0 spiro atoms. The maximum atomic E-state index is 12.9. The van der Waals surface area contributed by atoms with Crippen molar-refractivity contribution in [1.82, 2.24) is 0 Å². The lowest BCUT2D eigenvalue weighted by Crippen LogP contribution is -2.37. The highest BCUT2D eigenvalue weighted by Crippen LogP contribution is 2.41. The Morgan fingerprint density at radius 2 is 1.94 bits per heavy atom. The fourth-order valence-corrected chi connectivity index (χ4v) is 3.96. The summed E-state index contributed by atoms with van der Waals surface area (Å²) in [5, 5.41) is 9.45. The van der Waals surface area contributed by atoms with Gasteiger partial charge in [0.25, 0.3) is 0 Å². The number of alkyl halides is 2. The lowest BCUT2D eigenvalue weighted by Gasteiger charge is -2.32. The zero-order chi connectivity index (χ0) is 25.1. The number of carboxylic acids is 1. The second-order valence-electron chi connectivity index (χ2n) is 7.82. The molecule has 0 bridgehead atoms. The average molecular weight is 511 g/mol. The monoisotopic (exact) mass is 510 g/mol. The smallest absolute Gasteiger partial charge is 0.387 e. The van der Waals surface area contributed by atoms with Crippen LogP contribution in [0.25, 0.3) is 22.3 Å². The molecule has 1 aromatic heterocycles. The van der Waals surface area contributed by atoms with E-state index in [-0.39, 0.29) is 69.3 Å². The van der Waals surface area contributed by atoms with E-state index in [1.807, 2.05) is 0 Å². The molecule has 0 radical (unpaired) electrons. The van der Waals surface area contributed by atoms with Crippen molar-refractivity contribution in [2.75, 3.05) is 20.3 Å². The van der Waals surface area contributed by atoms with Crippen LogP contribution in [0.4, 0.5) is 8.78 Å². The molecule has 0 amide bonds. The van der Waals surface area contributed by atoms with Crippen molar-refractivity contribution in [3.05, 3.63) is 51.6 Å². The summed E-state index contributed by atoms with van der Waals surface area (Å²) in [6.07, 6.45) is 0.644. The Balaban J connectivity index is 1.63. The van der Waals surface area contributed by atoms with Gasteiger partial charge in [0, 0.05) is 12.1 Å². The predicted molar refractivity (Wildman–Crippen MR) is 122 cm³/mol. The highest BCUT2D eigenvalue weighted by Gasteiger charge is 2.35. The number of para-hydroxylation sites is 1. The molecule has 1 heterocycles. The summed E-state index contributed by atoms with van der Waals surface area (Å²) >= 11 is 6.21. The van der Waals surface area contributed by atoms with Gasteiger partial charge in [-0.25, -0.2) is 0 Å². The third-order valence-corrected chi connectivity index (χ3v) is 5.89. The van der Waals surface area contributed by atoms with Crippen LogP contribution >= 0.6 is 11.6 Å². The summed E-state index contributed by atoms with van der Waals surface area (Å²) in [5.74, 6) is -1.40. The van der Waals surface area contributed by atoms with Gasteiger partial charge in [-0.1, -0.05) is 17.7 Å². The number of benzene rings is 2. The van der Waals surface area contributed by atoms with E-state index in [1.165, 1.54) is 25.3 Å². The Kier molecular flexibility index (Phi) is 7.42. The average Bonchev–Trinajstić information content (AvgIpc) is 2.77. The zero-order valence-electron chi connectivity index (χ0n) is 18.5. The standard InChI is InChI=1S/C24H21ClF2O8/c1-31-20-9-15(19-10-17(28)14-3-2-4-16(25)22(14)34-19)18(11-21(20)35-24(26)27)33-6-5-32-13-7-12(8-13)23(29)30/h2-4,9-13,24H,5-8H2,1H3,(H,29,30)/t12-,13+. The van der Waals surface area contributed by atoms with Gasteiger partial charge in [0.1, 0.15) is 18.1 Å². The topological polar surface area (TPSA) is 104 Å². The minimum Gasteiger partial charge on any atom is -0.493 e. The summed E-state index contributed by atoms with van der Waals surface area (Å²) in [6, 6.07) is 8.57. The molecular weight excluding hydrogens is 490 g/mol. The number of fused-ring (bicyclic) bond motifs is 1. The van der Waals surface area contributed by atoms with Crippen molar-refractivity contribution in [3.63, 3.8) is 0 Å². The Morgan fingerprint density at radius 1 is 1.17 bits per heavy atom. The van der Waals surface area contributed by atoms with Crippen LogP contribution in [0.1, 0.15) is 12.8 Å². The summed E-state index contributed by atoms with van der Waals surface area (Å²) in [4.78, 5) is 23.6. The number of aliphatic carboxylic acids is 1. The molecule has 11 heteroatoms. The van der Waals surface area contributed by atoms with Crippen molar-refractivity contribution >= 4 is 28.5 Å². The van der Waals surface area contributed by atoms with Crippen LogP contribution < -0.4 is 19.6 Å². The van der Waals surface area contributed by atoms with Crippen LogP contribution in [0.3, 0.4) is 0 Å². The van der Waals surface area contributed by atoms with Gasteiger partial charge in [-0.05, 0) is 31.0 Å². The highest BCUT2D eigenvalue weighted by atomic mass is 35.5. The van der Waals surface area contributed by atoms with Crippen LogP contribution in [0.5, 0.6) is 17.2 Å². The normalized spacial score (nSPS) is 17.3. The number of carboxylic acid groups (broad SMARTS) is 1. The minimum absolute atomic E-state index is 0.0141. The Morgan fingerprint density at radius 3 is 2.63 bits per heavy atom. The fraction of sp³-hybridized carbons (Fsp3) is 0.333. The second-order valence-corrected chi connectivity index (χ2v) is 8.22. The second kappa shape index (κ2) is 10.5. The fourth-order valence-electron chi connectivity index (χ4n) is 3.75. The quantitative estimate of drug-likeness (QED) is 0.381. The van der Waals surface area contributed by atoms with E-state index in [9.17, 15) is 18.4 Å². The molecule has 2 aromatic carbocycles. The first-order valence-electron chi connectivity index (χ1n) is 10.6. The number of rotatable bonds is 10. The maximum absolute atomic E-state index is 12.9. The molecule has 0 saturated heterocycles. The molecule has 0 aliphatic heterocycles. The molecule has 1 aliphatic carbocycles. The van der Waals surface area contributed by atoms with E-state index < -0.39 is 18.5 Å². The van der Waals surface area contributed by atoms with E-state index in [4.69, 9.17) is 35.3 Å². The third kappa shape index (κ3) is 5.49. The summed E-state index contributed by atoms with van der Waals surface area (Å²) in [7, 11) is 1.28. The molecule has 0 atom stereocenters. The summed E-state index contributed by atoms with van der Waals surface area (Å²) in [5.41, 5.74) is 0.0515. The molecule has 4 rings (SSSR count). The molecule has 1 aliphatic rings.